The molecule has 0 fully saturated rings. The Morgan fingerprint density at radius 1 is 0.964 bits per heavy atom. The van der Waals surface area contributed by atoms with Crippen molar-refractivity contribution in [1.29, 1.82) is 0 Å². The number of aromatic nitrogens is 1. The van der Waals surface area contributed by atoms with E-state index in [0.717, 1.165) is 22.2 Å². The molecular weight excluding hydrogens is 356 g/mol. The molecule has 0 bridgehead atoms. The summed E-state index contributed by atoms with van der Waals surface area (Å²) in [7, 11) is 4.69. The number of methoxy groups -OCH3 is 3. The van der Waals surface area contributed by atoms with Gasteiger partial charge in [-0.15, -0.1) is 0 Å². The van der Waals surface area contributed by atoms with E-state index < -0.39 is 0 Å². The molecule has 2 aromatic carbocycles. The topological polar surface area (TPSA) is 69.7 Å². The summed E-state index contributed by atoms with van der Waals surface area (Å²) in [6.07, 6.45) is 3.15. The van der Waals surface area contributed by atoms with Crippen LogP contribution in [0.15, 0.2) is 54.6 Å². The molecule has 0 aliphatic rings. The van der Waals surface area contributed by atoms with Crippen molar-refractivity contribution in [3.05, 3.63) is 65.9 Å². The minimum absolute atomic E-state index is 0.230. The summed E-state index contributed by atoms with van der Waals surface area (Å²) in [6.45, 7) is 0.290. The Morgan fingerprint density at radius 2 is 1.68 bits per heavy atom. The fourth-order valence-corrected chi connectivity index (χ4v) is 2.81. The van der Waals surface area contributed by atoms with E-state index in [1.807, 2.05) is 36.4 Å². The molecule has 0 atom stereocenters. The predicted molar refractivity (Wildman–Crippen MR) is 109 cm³/mol. The summed E-state index contributed by atoms with van der Waals surface area (Å²) in [6, 6.07) is 15.2. The van der Waals surface area contributed by atoms with Crippen LogP contribution in [0.25, 0.3) is 17.0 Å². The maximum absolute atomic E-state index is 12.2. The zero-order valence-corrected chi connectivity index (χ0v) is 16.1. The van der Waals surface area contributed by atoms with Gasteiger partial charge in [0.15, 0.2) is 11.5 Å². The second kappa shape index (κ2) is 8.90. The lowest BCUT2D eigenvalue weighted by molar-refractivity contribution is -0.116. The zero-order chi connectivity index (χ0) is 19.9. The zero-order valence-electron chi connectivity index (χ0n) is 16.1. The van der Waals surface area contributed by atoms with Gasteiger partial charge in [0.25, 0.3) is 0 Å². The number of rotatable bonds is 7. The number of fused-ring (bicyclic) bond motifs is 1. The van der Waals surface area contributed by atoms with Crippen LogP contribution in [0.3, 0.4) is 0 Å². The molecule has 0 radical (unpaired) electrons. The number of nitrogens with zero attached hydrogens (tertiary/aromatic N) is 1. The first-order valence-electron chi connectivity index (χ1n) is 8.75. The maximum atomic E-state index is 12.2. The van der Waals surface area contributed by atoms with Crippen LogP contribution < -0.4 is 19.5 Å². The molecule has 0 aliphatic heterocycles. The number of nitrogens with one attached hydrogen (secondary N) is 1. The quantitative estimate of drug-likeness (QED) is 0.636. The molecule has 1 amide bonds. The van der Waals surface area contributed by atoms with Crippen LogP contribution in [-0.4, -0.2) is 32.2 Å². The van der Waals surface area contributed by atoms with E-state index in [1.54, 1.807) is 39.5 Å². The first-order chi connectivity index (χ1) is 13.6. The van der Waals surface area contributed by atoms with Crippen molar-refractivity contribution in [1.82, 2.24) is 10.3 Å². The summed E-state index contributed by atoms with van der Waals surface area (Å²) in [5.74, 6) is 1.52. The molecule has 3 aromatic rings. The molecule has 3 rings (SSSR count). The average molecular weight is 378 g/mol. The van der Waals surface area contributed by atoms with Crippen LogP contribution in [0.2, 0.25) is 0 Å². The van der Waals surface area contributed by atoms with Gasteiger partial charge in [0.1, 0.15) is 5.75 Å². The van der Waals surface area contributed by atoms with Gasteiger partial charge >= 0.3 is 0 Å². The van der Waals surface area contributed by atoms with Crippen molar-refractivity contribution >= 4 is 22.9 Å². The number of hydrogen-bond donors (Lipinski definition) is 1. The van der Waals surface area contributed by atoms with E-state index in [1.165, 1.54) is 6.08 Å². The molecule has 0 spiro atoms. The Labute approximate surface area is 163 Å². The van der Waals surface area contributed by atoms with E-state index >= 15 is 0 Å². The highest BCUT2D eigenvalue weighted by Crippen LogP contribution is 2.34. The molecule has 0 aliphatic carbocycles. The fourth-order valence-electron chi connectivity index (χ4n) is 2.81. The summed E-state index contributed by atoms with van der Waals surface area (Å²) in [5.41, 5.74) is 2.39. The Bertz CT molecular complexity index is 1010. The normalized spacial score (nSPS) is 10.8. The van der Waals surface area contributed by atoms with Gasteiger partial charge in [-0.05, 0) is 24.3 Å². The molecule has 0 saturated carbocycles. The van der Waals surface area contributed by atoms with Crippen molar-refractivity contribution in [2.75, 3.05) is 21.3 Å². The lowest BCUT2D eigenvalue weighted by Gasteiger charge is -2.14. The number of benzene rings is 2. The molecule has 6 heteroatoms. The van der Waals surface area contributed by atoms with Gasteiger partial charge in [0.05, 0.1) is 32.5 Å². The number of ether oxygens (including phenoxy) is 3. The lowest BCUT2D eigenvalue weighted by atomic mass is 10.1. The summed E-state index contributed by atoms with van der Waals surface area (Å²) in [4.78, 5) is 16.7. The van der Waals surface area contributed by atoms with E-state index in [9.17, 15) is 4.79 Å². The third-order valence-electron chi connectivity index (χ3n) is 4.27. The van der Waals surface area contributed by atoms with Crippen LogP contribution in [0.1, 0.15) is 11.3 Å². The van der Waals surface area contributed by atoms with Gasteiger partial charge in [-0.3, -0.25) is 4.79 Å². The smallest absolute Gasteiger partial charge is 0.244 e. The first-order valence-corrected chi connectivity index (χ1v) is 8.75. The van der Waals surface area contributed by atoms with Gasteiger partial charge in [-0.25, -0.2) is 4.98 Å². The van der Waals surface area contributed by atoms with Gasteiger partial charge in [0, 0.05) is 29.6 Å². The largest absolute Gasteiger partial charge is 0.496 e. The number of amides is 1. The van der Waals surface area contributed by atoms with Gasteiger partial charge in [-0.1, -0.05) is 24.3 Å². The minimum atomic E-state index is -0.230. The molecular formula is C22H22N2O4. The van der Waals surface area contributed by atoms with Crippen LogP contribution in [0, 0.1) is 0 Å². The molecule has 0 saturated heterocycles. The predicted octanol–water partition coefficient (Wildman–Crippen LogP) is 3.59. The Kier molecular flexibility index (Phi) is 6.11. The number of hydrogen-bond acceptors (Lipinski definition) is 5. The average Bonchev–Trinajstić information content (AvgIpc) is 2.75. The minimum Gasteiger partial charge on any atom is -0.496 e. The van der Waals surface area contributed by atoms with Gasteiger partial charge in [-0.2, -0.15) is 0 Å². The number of pyridine rings is 1. The van der Waals surface area contributed by atoms with Crippen LogP contribution in [-0.2, 0) is 11.3 Å². The highest BCUT2D eigenvalue weighted by Gasteiger charge is 2.12. The highest BCUT2D eigenvalue weighted by atomic mass is 16.5. The SMILES string of the molecule is COc1cc(OC)c(OC)cc1CNC(=O)/C=C/c1ccc2ccccc2n1. The van der Waals surface area contributed by atoms with E-state index in [4.69, 9.17) is 14.2 Å². The summed E-state index contributed by atoms with van der Waals surface area (Å²) >= 11 is 0. The fraction of sp³-hybridized carbons (Fsp3) is 0.182. The van der Waals surface area contributed by atoms with E-state index in [0.29, 0.717) is 17.2 Å². The van der Waals surface area contributed by atoms with Gasteiger partial charge in [0.2, 0.25) is 5.91 Å². The number of para-hydroxylation sites is 1. The van der Waals surface area contributed by atoms with Crippen molar-refractivity contribution < 1.29 is 19.0 Å². The van der Waals surface area contributed by atoms with Crippen molar-refractivity contribution in [3.8, 4) is 17.2 Å². The highest BCUT2D eigenvalue weighted by molar-refractivity contribution is 5.92. The van der Waals surface area contributed by atoms with Gasteiger partial charge < -0.3 is 19.5 Å². The van der Waals surface area contributed by atoms with Crippen LogP contribution in [0.4, 0.5) is 0 Å². The first kappa shape index (κ1) is 19.2. The molecule has 28 heavy (non-hydrogen) atoms. The second-order valence-corrected chi connectivity index (χ2v) is 6.00. The second-order valence-electron chi connectivity index (χ2n) is 6.00. The van der Waals surface area contributed by atoms with Crippen LogP contribution >= 0.6 is 0 Å². The standard InChI is InChI=1S/C22H22N2O4/c1-26-19-13-21(28-3)20(27-2)12-16(19)14-23-22(25)11-10-17-9-8-15-6-4-5-7-18(15)24-17/h4-13H,14H2,1-3H3,(H,23,25)/b11-10+. The molecule has 1 aromatic heterocycles. The molecule has 1 heterocycles. The third kappa shape index (κ3) is 4.40. The number of carbonyl (C=O) groups is 1. The third-order valence-corrected chi connectivity index (χ3v) is 4.27. The Balaban J connectivity index is 1.68. The Morgan fingerprint density at radius 3 is 2.43 bits per heavy atom. The summed E-state index contributed by atoms with van der Waals surface area (Å²) < 4.78 is 16.0. The van der Waals surface area contributed by atoms with Crippen LogP contribution in [0.5, 0.6) is 17.2 Å². The van der Waals surface area contributed by atoms with Crippen molar-refractivity contribution in [3.63, 3.8) is 0 Å². The molecule has 144 valence electrons. The molecule has 6 nitrogen and oxygen atoms in total. The van der Waals surface area contributed by atoms with Crippen molar-refractivity contribution in [2.45, 2.75) is 6.54 Å². The van der Waals surface area contributed by atoms with Crippen molar-refractivity contribution in [2.24, 2.45) is 0 Å². The summed E-state index contributed by atoms with van der Waals surface area (Å²) in [5, 5.41) is 3.90. The van der Waals surface area contributed by atoms with E-state index in [2.05, 4.69) is 10.3 Å². The lowest BCUT2D eigenvalue weighted by Crippen LogP contribution is -2.20. The molecule has 0 unspecified atom stereocenters. The Hall–Kier alpha value is -3.54. The molecule has 1 N–H and O–H groups in total. The monoisotopic (exact) mass is 378 g/mol. The maximum Gasteiger partial charge on any atom is 0.244 e. The number of carbonyl (C=O) groups excluding carboxylic acids is 1. The van der Waals surface area contributed by atoms with E-state index in [-0.39, 0.29) is 12.5 Å².